The Hall–Kier alpha value is -0.970. The van der Waals surface area contributed by atoms with Crippen LogP contribution in [0.15, 0.2) is 28.7 Å². The molecule has 0 unspecified atom stereocenters. The molecule has 0 radical (unpaired) electrons. The van der Waals surface area contributed by atoms with Gasteiger partial charge < -0.3 is 10.1 Å². The number of nitrogens with one attached hydrogen (secondary N) is 1. The molecule has 0 aliphatic rings. The lowest BCUT2D eigenvalue weighted by molar-refractivity contribution is 0.463. The molecule has 0 amide bonds. The van der Waals surface area contributed by atoms with Crippen LogP contribution >= 0.6 is 39.1 Å². The van der Waals surface area contributed by atoms with Gasteiger partial charge in [-0.05, 0) is 43.7 Å². The molecule has 106 valence electrons. The van der Waals surface area contributed by atoms with Gasteiger partial charge in [0, 0.05) is 11.0 Å². The maximum absolute atomic E-state index is 6.11. The topological polar surface area (TPSA) is 34.2 Å². The molecule has 0 saturated carbocycles. The predicted octanol–water partition coefficient (Wildman–Crippen LogP) is 5.68. The minimum atomic E-state index is 0.328. The van der Waals surface area contributed by atoms with Gasteiger partial charge in [0.25, 0.3) is 0 Å². The molecule has 0 atom stereocenters. The summed E-state index contributed by atoms with van der Waals surface area (Å²) in [5.74, 6) is 1.56. The SMILES string of the molecule is CCNc1nc(Oc2ccc(Br)c(C)c2)c(Cl)cc1Cl. The van der Waals surface area contributed by atoms with Crippen LogP contribution < -0.4 is 10.1 Å². The van der Waals surface area contributed by atoms with Crippen molar-refractivity contribution >= 4 is 44.9 Å². The number of aromatic nitrogens is 1. The van der Waals surface area contributed by atoms with E-state index in [-0.39, 0.29) is 0 Å². The lowest BCUT2D eigenvalue weighted by atomic mass is 10.2. The van der Waals surface area contributed by atoms with Gasteiger partial charge in [0.1, 0.15) is 16.6 Å². The zero-order valence-electron chi connectivity index (χ0n) is 11.0. The first-order chi connectivity index (χ1) is 9.51. The first-order valence-electron chi connectivity index (χ1n) is 6.05. The van der Waals surface area contributed by atoms with Gasteiger partial charge in [0.2, 0.25) is 5.88 Å². The van der Waals surface area contributed by atoms with Gasteiger partial charge in [-0.25, -0.2) is 0 Å². The molecule has 3 nitrogen and oxygen atoms in total. The Bertz CT molecular complexity index is 635. The molecule has 0 aliphatic carbocycles. The lowest BCUT2D eigenvalue weighted by Gasteiger charge is -2.11. The summed E-state index contributed by atoms with van der Waals surface area (Å²) >= 11 is 15.6. The number of hydrogen-bond donors (Lipinski definition) is 1. The van der Waals surface area contributed by atoms with Crippen LogP contribution in [0, 0.1) is 6.92 Å². The Kier molecular flexibility index (Phi) is 5.13. The van der Waals surface area contributed by atoms with Crippen LogP contribution in [-0.2, 0) is 0 Å². The normalized spacial score (nSPS) is 10.4. The molecule has 0 spiro atoms. The number of anilines is 1. The number of benzene rings is 1. The maximum atomic E-state index is 6.11. The highest BCUT2D eigenvalue weighted by Crippen LogP contribution is 2.34. The van der Waals surface area contributed by atoms with Crippen molar-refractivity contribution in [3.8, 4) is 11.6 Å². The molecule has 0 fully saturated rings. The number of ether oxygens (including phenoxy) is 1. The number of hydrogen-bond acceptors (Lipinski definition) is 3. The first-order valence-corrected chi connectivity index (χ1v) is 7.60. The van der Waals surface area contributed by atoms with Crippen molar-refractivity contribution < 1.29 is 4.74 Å². The van der Waals surface area contributed by atoms with E-state index in [1.807, 2.05) is 32.0 Å². The van der Waals surface area contributed by atoms with Gasteiger partial charge in [-0.1, -0.05) is 39.1 Å². The molecule has 6 heteroatoms. The van der Waals surface area contributed by atoms with Crippen LogP contribution in [0.2, 0.25) is 10.0 Å². The van der Waals surface area contributed by atoms with E-state index in [1.54, 1.807) is 6.07 Å². The van der Waals surface area contributed by atoms with Crippen molar-refractivity contribution in [2.75, 3.05) is 11.9 Å². The fraction of sp³-hybridized carbons (Fsp3) is 0.214. The van der Waals surface area contributed by atoms with Crippen LogP contribution in [0.4, 0.5) is 5.82 Å². The minimum Gasteiger partial charge on any atom is -0.437 e. The second-order valence-electron chi connectivity index (χ2n) is 4.15. The summed E-state index contributed by atoms with van der Waals surface area (Å²) < 4.78 is 6.75. The van der Waals surface area contributed by atoms with E-state index in [4.69, 9.17) is 27.9 Å². The lowest BCUT2D eigenvalue weighted by Crippen LogP contribution is -2.01. The number of pyridine rings is 1. The van der Waals surface area contributed by atoms with Crippen LogP contribution in [0.1, 0.15) is 12.5 Å². The first kappa shape index (κ1) is 15.4. The predicted molar refractivity (Wildman–Crippen MR) is 87.4 cm³/mol. The second kappa shape index (κ2) is 6.66. The molecule has 2 rings (SSSR count). The Morgan fingerprint density at radius 3 is 2.65 bits per heavy atom. The van der Waals surface area contributed by atoms with Crippen molar-refractivity contribution in [2.45, 2.75) is 13.8 Å². The highest BCUT2D eigenvalue weighted by Gasteiger charge is 2.11. The number of nitrogens with zero attached hydrogens (tertiary/aromatic N) is 1. The van der Waals surface area contributed by atoms with Crippen molar-refractivity contribution in [1.29, 1.82) is 0 Å². The van der Waals surface area contributed by atoms with Crippen molar-refractivity contribution in [3.63, 3.8) is 0 Å². The highest BCUT2D eigenvalue weighted by molar-refractivity contribution is 9.10. The fourth-order valence-corrected chi connectivity index (χ4v) is 2.32. The van der Waals surface area contributed by atoms with E-state index >= 15 is 0 Å². The van der Waals surface area contributed by atoms with Crippen LogP contribution in [0.25, 0.3) is 0 Å². The van der Waals surface area contributed by atoms with E-state index in [0.29, 0.717) is 34.0 Å². The molecular weight excluding hydrogens is 363 g/mol. The third kappa shape index (κ3) is 3.57. The molecule has 0 saturated heterocycles. The Balaban J connectivity index is 2.32. The second-order valence-corrected chi connectivity index (χ2v) is 5.82. The molecule has 20 heavy (non-hydrogen) atoms. The average molecular weight is 376 g/mol. The molecule has 1 aromatic heterocycles. The van der Waals surface area contributed by atoms with Crippen LogP contribution in [0.3, 0.4) is 0 Å². The maximum Gasteiger partial charge on any atom is 0.240 e. The van der Waals surface area contributed by atoms with Gasteiger partial charge in [-0.2, -0.15) is 4.98 Å². The van der Waals surface area contributed by atoms with Crippen LogP contribution in [0.5, 0.6) is 11.6 Å². The quantitative estimate of drug-likeness (QED) is 0.745. The zero-order chi connectivity index (χ0) is 14.7. The third-order valence-corrected chi connectivity index (χ3v) is 4.03. The summed E-state index contributed by atoms with van der Waals surface area (Å²) in [6.07, 6.45) is 0. The van der Waals surface area contributed by atoms with E-state index < -0.39 is 0 Å². The Morgan fingerprint density at radius 1 is 1.25 bits per heavy atom. The summed E-state index contributed by atoms with van der Waals surface area (Å²) in [5, 5.41) is 3.90. The largest absolute Gasteiger partial charge is 0.437 e. The van der Waals surface area contributed by atoms with Crippen molar-refractivity contribution in [1.82, 2.24) is 4.98 Å². The molecular formula is C14H13BrCl2N2O. The average Bonchev–Trinajstić information content (AvgIpc) is 2.39. The van der Waals surface area contributed by atoms with E-state index in [2.05, 4.69) is 26.2 Å². The van der Waals surface area contributed by atoms with Crippen LogP contribution in [-0.4, -0.2) is 11.5 Å². The monoisotopic (exact) mass is 374 g/mol. The number of rotatable bonds is 4. The molecule has 0 bridgehead atoms. The Morgan fingerprint density at radius 2 is 2.00 bits per heavy atom. The van der Waals surface area contributed by atoms with Gasteiger partial charge in [0.15, 0.2) is 0 Å². The van der Waals surface area contributed by atoms with E-state index in [1.165, 1.54) is 0 Å². The van der Waals surface area contributed by atoms with Crippen molar-refractivity contribution in [3.05, 3.63) is 44.3 Å². The highest BCUT2D eigenvalue weighted by atomic mass is 79.9. The fourth-order valence-electron chi connectivity index (χ4n) is 1.60. The minimum absolute atomic E-state index is 0.328. The van der Waals surface area contributed by atoms with Gasteiger partial charge in [-0.15, -0.1) is 0 Å². The summed E-state index contributed by atoms with van der Waals surface area (Å²) in [5.41, 5.74) is 1.07. The smallest absolute Gasteiger partial charge is 0.240 e. The van der Waals surface area contributed by atoms with Gasteiger partial charge in [-0.3, -0.25) is 0 Å². The van der Waals surface area contributed by atoms with Gasteiger partial charge >= 0.3 is 0 Å². The summed E-state index contributed by atoms with van der Waals surface area (Å²) in [4.78, 5) is 4.30. The molecule has 1 heterocycles. The molecule has 1 aromatic carbocycles. The summed E-state index contributed by atoms with van der Waals surface area (Å²) in [6, 6.07) is 7.29. The number of halogens is 3. The standard InChI is InChI=1S/C14H13BrCl2N2O/c1-3-18-13-11(16)7-12(17)14(19-13)20-9-4-5-10(15)8(2)6-9/h4-7H,3H2,1-2H3,(H,18,19). The molecule has 0 aliphatic heterocycles. The van der Waals surface area contributed by atoms with Crippen molar-refractivity contribution in [2.24, 2.45) is 0 Å². The van der Waals surface area contributed by atoms with E-state index in [9.17, 15) is 0 Å². The summed E-state index contributed by atoms with van der Waals surface area (Å²) in [7, 11) is 0. The van der Waals surface area contributed by atoms with Gasteiger partial charge in [0.05, 0.1) is 5.02 Å². The van der Waals surface area contributed by atoms with E-state index in [0.717, 1.165) is 10.0 Å². The Labute approximate surface area is 136 Å². The molecule has 2 aromatic rings. The molecule has 1 N–H and O–H groups in total. The third-order valence-electron chi connectivity index (χ3n) is 2.59. The zero-order valence-corrected chi connectivity index (χ0v) is 14.1. The summed E-state index contributed by atoms with van der Waals surface area (Å²) in [6.45, 7) is 4.66. The number of aryl methyl sites for hydroxylation is 1.